The van der Waals surface area contributed by atoms with Crippen molar-refractivity contribution in [1.82, 2.24) is 15.1 Å². The number of aromatic nitrogens is 2. The number of ether oxygens (including phenoxy) is 1. The first-order valence-corrected chi connectivity index (χ1v) is 9.69. The SMILES string of the molecule is COc1ccccc1CN1CCC[C@@H](c2[nH]ncc2-c2ccc(C)cc2)C1. The van der Waals surface area contributed by atoms with Gasteiger partial charge in [-0.2, -0.15) is 5.10 Å². The maximum Gasteiger partial charge on any atom is 0.123 e. The van der Waals surface area contributed by atoms with Crippen molar-refractivity contribution < 1.29 is 4.74 Å². The highest BCUT2D eigenvalue weighted by Gasteiger charge is 2.25. The third kappa shape index (κ3) is 3.91. The molecule has 1 aromatic heterocycles. The third-order valence-electron chi connectivity index (χ3n) is 5.53. The second kappa shape index (κ2) is 7.97. The van der Waals surface area contributed by atoms with Gasteiger partial charge in [0.15, 0.2) is 0 Å². The van der Waals surface area contributed by atoms with Gasteiger partial charge in [-0.15, -0.1) is 0 Å². The molecule has 1 aliphatic heterocycles. The number of nitrogens with zero attached hydrogens (tertiary/aromatic N) is 2. The zero-order valence-electron chi connectivity index (χ0n) is 16.1. The van der Waals surface area contributed by atoms with Gasteiger partial charge < -0.3 is 4.74 Å². The maximum absolute atomic E-state index is 5.53. The number of likely N-dealkylation sites (tertiary alicyclic amines) is 1. The Kier molecular flexibility index (Phi) is 5.26. The summed E-state index contributed by atoms with van der Waals surface area (Å²) < 4.78 is 5.53. The van der Waals surface area contributed by atoms with Crippen molar-refractivity contribution in [2.24, 2.45) is 0 Å². The highest BCUT2D eigenvalue weighted by molar-refractivity contribution is 5.66. The van der Waals surface area contributed by atoms with Gasteiger partial charge >= 0.3 is 0 Å². The summed E-state index contributed by atoms with van der Waals surface area (Å²) in [6.45, 7) is 5.22. The van der Waals surface area contributed by atoms with Crippen molar-refractivity contribution >= 4 is 0 Å². The van der Waals surface area contributed by atoms with Crippen LogP contribution in [0.25, 0.3) is 11.1 Å². The van der Waals surface area contributed by atoms with Gasteiger partial charge in [0.25, 0.3) is 0 Å². The number of benzene rings is 2. The van der Waals surface area contributed by atoms with Crippen molar-refractivity contribution in [2.45, 2.75) is 32.2 Å². The van der Waals surface area contributed by atoms with E-state index in [2.05, 4.69) is 58.4 Å². The molecule has 4 rings (SSSR count). The number of methoxy groups -OCH3 is 1. The molecule has 1 saturated heterocycles. The molecular weight excluding hydrogens is 334 g/mol. The van der Waals surface area contributed by atoms with E-state index >= 15 is 0 Å². The first-order chi connectivity index (χ1) is 13.2. The summed E-state index contributed by atoms with van der Waals surface area (Å²) in [4.78, 5) is 2.53. The lowest BCUT2D eigenvalue weighted by atomic mass is 9.90. The fourth-order valence-electron chi connectivity index (χ4n) is 4.08. The fourth-order valence-corrected chi connectivity index (χ4v) is 4.08. The van der Waals surface area contributed by atoms with Crippen LogP contribution in [0.15, 0.2) is 54.7 Å². The molecule has 0 aliphatic carbocycles. The number of aryl methyl sites for hydroxylation is 1. The summed E-state index contributed by atoms with van der Waals surface area (Å²) in [5, 5.41) is 7.66. The molecular formula is C23H27N3O. The average molecular weight is 361 g/mol. The van der Waals surface area contributed by atoms with Crippen LogP contribution in [-0.4, -0.2) is 35.3 Å². The van der Waals surface area contributed by atoms with Gasteiger partial charge in [0.1, 0.15) is 5.75 Å². The summed E-state index contributed by atoms with van der Waals surface area (Å²) in [7, 11) is 1.75. The molecule has 0 bridgehead atoms. The minimum atomic E-state index is 0.479. The smallest absolute Gasteiger partial charge is 0.123 e. The topological polar surface area (TPSA) is 41.1 Å². The van der Waals surface area contributed by atoms with Gasteiger partial charge in [0.2, 0.25) is 0 Å². The molecule has 0 saturated carbocycles. The number of H-pyrrole nitrogens is 1. The number of piperidine rings is 1. The Morgan fingerprint density at radius 2 is 1.96 bits per heavy atom. The molecule has 0 radical (unpaired) electrons. The van der Waals surface area contributed by atoms with Crippen LogP contribution in [0.3, 0.4) is 0 Å². The Morgan fingerprint density at radius 1 is 1.15 bits per heavy atom. The number of rotatable bonds is 5. The fraction of sp³-hybridized carbons (Fsp3) is 0.348. The molecule has 3 aromatic rings. The monoisotopic (exact) mass is 361 g/mol. The molecule has 1 atom stereocenters. The zero-order chi connectivity index (χ0) is 18.6. The Balaban J connectivity index is 1.52. The first kappa shape index (κ1) is 17.8. The largest absolute Gasteiger partial charge is 0.496 e. The van der Waals surface area contributed by atoms with Crippen molar-refractivity contribution in [2.75, 3.05) is 20.2 Å². The minimum Gasteiger partial charge on any atom is -0.496 e. The van der Waals surface area contributed by atoms with Crippen molar-refractivity contribution in [1.29, 1.82) is 0 Å². The predicted octanol–water partition coefficient (Wildman–Crippen LogP) is 4.77. The van der Waals surface area contributed by atoms with Crippen LogP contribution in [0.5, 0.6) is 5.75 Å². The molecule has 1 N–H and O–H groups in total. The van der Waals surface area contributed by atoms with E-state index in [1.807, 2.05) is 18.3 Å². The molecule has 0 spiro atoms. The van der Waals surface area contributed by atoms with Gasteiger partial charge in [-0.05, 0) is 37.9 Å². The van der Waals surface area contributed by atoms with Crippen molar-refractivity contribution in [3.8, 4) is 16.9 Å². The van der Waals surface area contributed by atoms with Crippen LogP contribution < -0.4 is 4.74 Å². The lowest BCUT2D eigenvalue weighted by Gasteiger charge is -2.33. The standard InChI is InChI=1S/C23H27N3O/c1-17-9-11-18(12-10-17)21-14-24-25-23(21)20-7-5-13-26(16-20)15-19-6-3-4-8-22(19)27-2/h3-4,6,8-12,14,20H,5,7,13,15-16H2,1-2H3,(H,24,25)/t20-/m1/s1. The van der Waals surface area contributed by atoms with Crippen molar-refractivity contribution in [3.63, 3.8) is 0 Å². The lowest BCUT2D eigenvalue weighted by molar-refractivity contribution is 0.196. The summed E-state index contributed by atoms with van der Waals surface area (Å²) in [6, 6.07) is 17.0. The maximum atomic E-state index is 5.53. The Morgan fingerprint density at radius 3 is 2.78 bits per heavy atom. The number of hydrogen-bond donors (Lipinski definition) is 1. The summed E-state index contributed by atoms with van der Waals surface area (Å²) in [5.74, 6) is 1.45. The molecule has 0 unspecified atom stereocenters. The summed E-state index contributed by atoms with van der Waals surface area (Å²) in [6.07, 6.45) is 4.37. The quantitative estimate of drug-likeness (QED) is 0.711. The van der Waals surface area contributed by atoms with Crippen molar-refractivity contribution in [3.05, 3.63) is 71.5 Å². The number of para-hydroxylation sites is 1. The molecule has 2 heterocycles. The van der Waals surface area contributed by atoms with E-state index in [9.17, 15) is 0 Å². The molecule has 2 aromatic carbocycles. The van der Waals surface area contributed by atoms with Gasteiger partial charge in [0, 0.05) is 35.8 Å². The van der Waals surface area contributed by atoms with Crippen LogP contribution in [0.1, 0.15) is 35.6 Å². The molecule has 4 heteroatoms. The minimum absolute atomic E-state index is 0.479. The van der Waals surface area contributed by atoms with Gasteiger partial charge in [0.05, 0.1) is 13.3 Å². The van der Waals surface area contributed by atoms with E-state index in [1.165, 1.54) is 40.8 Å². The Labute approximate surface area is 161 Å². The van der Waals surface area contributed by atoms with Crippen LogP contribution in [0.2, 0.25) is 0 Å². The zero-order valence-corrected chi connectivity index (χ0v) is 16.1. The molecule has 140 valence electrons. The van der Waals surface area contributed by atoms with E-state index in [0.717, 1.165) is 25.4 Å². The normalized spacial score (nSPS) is 17.8. The van der Waals surface area contributed by atoms with Gasteiger partial charge in [-0.1, -0.05) is 48.0 Å². The number of nitrogens with one attached hydrogen (secondary N) is 1. The highest BCUT2D eigenvalue weighted by atomic mass is 16.5. The van der Waals surface area contributed by atoms with E-state index in [1.54, 1.807) is 7.11 Å². The molecule has 4 nitrogen and oxygen atoms in total. The molecule has 1 aliphatic rings. The van der Waals surface area contributed by atoms with Crippen LogP contribution >= 0.6 is 0 Å². The van der Waals surface area contributed by atoms with E-state index in [0.29, 0.717) is 5.92 Å². The third-order valence-corrected chi connectivity index (χ3v) is 5.53. The van der Waals surface area contributed by atoms with Crippen LogP contribution in [0, 0.1) is 6.92 Å². The first-order valence-electron chi connectivity index (χ1n) is 9.69. The average Bonchev–Trinajstić information content (AvgIpc) is 3.19. The summed E-state index contributed by atoms with van der Waals surface area (Å²) in [5.41, 5.74) is 6.28. The second-order valence-corrected chi connectivity index (χ2v) is 7.45. The number of hydrogen-bond acceptors (Lipinski definition) is 3. The highest BCUT2D eigenvalue weighted by Crippen LogP contribution is 2.34. The van der Waals surface area contributed by atoms with Gasteiger partial charge in [-0.3, -0.25) is 10.00 Å². The molecule has 27 heavy (non-hydrogen) atoms. The number of aromatic amines is 1. The van der Waals surface area contributed by atoms with Gasteiger partial charge in [-0.25, -0.2) is 0 Å². The van der Waals surface area contributed by atoms with E-state index in [-0.39, 0.29) is 0 Å². The van der Waals surface area contributed by atoms with Crippen LogP contribution in [0.4, 0.5) is 0 Å². The predicted molar refractivity (Wildman–Crippen MR) is 109 cm³/mol. The Bertz CT molecular complexity index is 885. The van der Waals surface area contributed by atoms with E-state index in [4.69, 9.17) is 4.74 Å². The molecule has 1 fully saturated rings. The lowest BCUT2D eigenvalue weighted by Crippen LogP contribution is -2.34. The summed E-state index contributed by atoms with van der Waals surface area (Å²) >= 11 is 0. The second-order valence-electron chi connectivity index (χ2n) is 7.45. The molecule has 0 amide bonds. The Hall–Kier alpha value is -2.59. The van der Waals surface area contributed by atoms with E-state index < -0.39 is 0 Å². The van der Waals surface area contributed by atoms with Crippen LogP contribution in [-0.2, 0) is 6.54 Å².